The summed E-state index contributed by atoms with van der Waals surface area (Å²) >= 11 is 0. The largest absolute Gasteiger partial charge is 0.497 e. The van der Waals surface area contributed by atoms with Gasteiger partial charge in [0.15, 0.2) is 0 Å². The summed E-state index contributed by atoms with van der Waals surface area (Å²) in [7, 11) is 2.77. The zero-order chi connectivity index (χ0) is 21.9. The standard InChI is InChI=1S/C21H32N2O6S/c1-22(2)20(24)13-16-7-12-29-21(15-16)8-10-23(11-9-21)30(25,26)19-14-17(27-3)5-6-18(19)28-4/h5-6,14,16H,7-13,15H2,1-4H3. The van der Waals surface area contributed by atoms with Crippen molar-refractivity contribution in [2.24, 2.45) is 5.92 Å². The highest BCUT2D eigenvalue weighted by Crippen LogP contribution is 2.41. The van der Waals surface area contributed by atoms with Crippen LogP contribution >= 0.6 is 0 Å². The van der Waals surface area contributed by atoms with Gasteiger partial charge in [0.1, 0.15) is 16.4 Å². The van der Waals surface area contributed by atoms with Gasteiger partial charge in [0.05, 0.1) is 19.8 Å². The molecule has 0 saturated carbocycles. The van der Waals surface area contributed by atoms with Gasteiger partial charge in [-0.15, -0.1) is 0 Å². The van der Waals surface area contributed by atoms with Crippen LogP contribution in [0.5, 0.6) is 11.5 Å². The van der Waals surface area contributed by atoms with E-state index in [0.29, 0.717) is 50.5 Å². The van der Waals surface area contributed by atoms with Gasteiger partial charge in [-0.1, -0.05) is 0 Å². The summed E-state index contributed by atoms with van der Waals surface area (Å²) in [4.78, 5) is 13.8. The van der Waals surface area contributed by atoms with Crippen LogP contribution in [0, 0.1) is 5.92 Å². The molecule has 1 amide bonds. The Morgan fingerprint density at radius 3 is 2.53 bits per heavy atom. The number of sulfonamides is 1. The fourth-order valence-electron chi connectivity index (χ4n) is 4.34. The monoisotopic (exact) mass is 440 g/mol. The van der Waals surface area contributed by atoms with Crippen molar-refractivity contribution >= 4 is 15.9 Å². The maximum atomic E-state index is 13.3. The fourth-order valence-corrected chi connectivity index (χ4v) is 5.95. The highest BCUT2D eigenvalue weighted by molar-refractivity contribution is 7.89. The summed E-state index contributed by atoms with van der Waals surface area (Å²) < 4.78 is 44.7. The number of hydrogen-bond acceptors (Lipinski definition) is 6. The van der Waals surface area contributed by atoms with Crippen LogP contribution in [0.3, 0.4) is 0 Å². The molecule has 9 heteroatoms. The van der Waals surface area contributed by atoms with Crippen molar-refractivity contribution in [3.63, 3.8) is 0 Å². The second kappa shape index (κ2) is 9.11. The number of hydrogen-bond donors (Lipinski definition) is 0. The maximum Gasteiger partial charge on any atom is 0.246 e. The molecule has 0 aliphatic carbocycles. The van der Waals surface area contributed by atoms with E-state index in [1.165, 1.54) is 24.6 Å². The number of nitrogens with zero attached hydrogens (tertiary/aromatic N) is 2. The Balaban J connectivity index is 1.71. The molecule has 1 unspecified atom stereocenters. The third-order valence-corrected chi connectivity index (χ3v) is 8.10. The molecule has 0 bridgehead atoms. The molecule has 1 aromatic carbocycles. The van der Waals surface area contributed by atoms with Crippen LogP contribution < -0.4 is 9.47 Å². The van der Waals surface area contributed by atoms with E-state index in [9.17, 15) is 13.2 Å². The average Bonchev–Trinajstić information content (AvgIpc) is 2.73. The second-order valence-corrected chi connectivity index (χ2v) is 10.2. The van der Waals surface area contributed by atoms with E-state index in [1.54, 1.807) is 31.1 Å². The minimum atomic E-state index is -3.72. The molecule has 2 aliphatic rings. The van der Waals surface area contributed by atoms with Crippen LogP contribution in [-0.4, -0.2) is 77.1 Å². The molecule has 2 saturated heterocycles. The van der Waals surface area contributed by atoms with E-state index >= 15 is 0 Å². The molecule has 30 heavy (non-hydrogen) atoms. The first-order valence-corrected chi connectivity index (χ1v) is 11.7. The molecule has 0 N–H and O–H groups in total. The lowest BCUT2D eigenvalue weighted by molar-refractivity contribution is -0.138. The van der Waals surface area contributed by atoms with Gasteiger partial charge < -0.3 is 19.1 Å². The molecule has 2 fully saturated rings. The van der Waals surface area contributed by atoms with Crippen LogP contribution in [0.2, 0.25) is 0 Å². The molecule has 1 atom stereocenters. The molecule has 0 radical (unpaired) electrons. The highest BCUT2D eigenvalue weighted by atomic mass is 32.2. The van der Waals surface area contributed by atoms with E-state index in [2.05, 4.69) is 0 Å². The van der Waals surface area contributed by atoms with Gasteiger partial charge in [0, 0.05) is 46.3 Å². The molecule has 1 spiro atoms. The SMILES string of the molecule is COc1ccc(OC)c(S(=O)(=O)N2CCC3(CC2)CC(CC(=O)N(C)C)CCO3)c1. The zero-order valence-electron chi connectivity index (χ0n) is 18.2. The topological polar surface area (TPSA) is 85.4 Å². The minimum Gasteiger partial charge on any atom is -0.497 e. The van der Waals surface area contributed by atoms with Crippen molar-refractivity contribution in [2.75, 3.05) is 48.0 Å². The maximum absolute atomic E-state index is 13.3. The van der Waals surface area contributed by atoms with Crippen LogP contribution in [-0.2, 0) is 19.6 Å². The van der Waals surface area contributed by atoms with Crippen molar-refractivity contribution in [2.45, 2.75) is 42.6 Å². The number of piperidine rings is 1. The number of carbonyl (C=O) groups excluding carboxylic acids is 1. The Hall–Kier alpha value is -1.84. The summed E-state index contributed by atoms with van der Waals surface area (Å²) in [5.74, 6) is 1.16. The molecule has 0 aromatic heterocycles. The Morgan fingerprint density at radius 2 is 1.93 bits per heavy atom. The van der Waals surface area contributed by atoms with E-state index in [1.807, 2.05) is 0 Å². The molecule has 2 heterocycles. The predicted molar refractivity (Wildman–Crippen MR) is 112 cm³/mol. The number of carbonyl (C=O) groups is 1. The van der Waals surface area contributed by atoms with Gasteiger partial charge in [-0.05, 0) is 43.7 Å². The van der Waals surface area contributed by atoms with Gasteiger partial charge in [0.2, 0.25) is 15.9 Å². The number of amides is 1. The van der Waals surface area contributed by atoms with E-state index in [4.69, 9.17) is 14.2 Å². The number of methoxy groups -OCH3 is 2. The quantitative estimate of drug-likeness (QED) is 0.674. The summed E-state index contributed by atoms with van der Waals surface area (Å²) in [6.45, 7) is 1.36. The van der Waals surface area contributed by atoms with Crippen molar-refractivity contribution < 1.29 is 27.4 Å². The van der Waals surface area contributed by atoms with Gasteiger partial charge in [-0.3, -0.25) is 4.79 Å². The van der Waals surface area contributed by atoms with Crippen LogP contribution in [0.4, 0.5) is 0 Å². The summed E-state index contributed by atoms with van der Waals surface area (Å²) in [6, 6.07) is 4.78. The number of benzene rings is 1. The summed E-state index contributed by atoms with van der Waals surface area (Å²) in [6.07, 6.45) is 3.41. The number of ether oxygens (including phenoxy) is 3. The predicted octanol–water partition coefficient (Wildman–Crippen LogP) is 2.13. The van der Waals surface area contributed by atoms with Crippen molar-refractivity contribution in [3.05, 3.63) is 18.2 Å². The molecule has 168 valence electrons. The Labute approximate surface area is 179 Å². The van der Waals surface area contributed by atoms with Gasteiger partial charge in [-0.2, -0.15) is 4.31 Å². The first-order chi connectivity index (χ1) is 14.2. The third kappa shape index (κ3) is 4.73. The number of rotatable bonds is 6. The van der Waals surface area contributed by atoms with E-state index in [-0.39, 0.29) is 22.3 Å². The minimum absolute atomic E-state index is 0.110. The lowest BCUT2D eigenvalue weighted by atomic mass is 9.78. The summed E-state index contributed by atoms with van der Waals surface area (Å²) in [5, 5.41) is 0. The Kier molecular flexibility index (Phi) is 6.94. The highest BCUT2D eigenvalue weighted by Gasteiger charge is 2.43. The fraction of sp³-hybridized carbons (Fsp3) is 0.667. The van der Waals surface area contributed by atoms with Crippen molar-refractivity contribution in [3.8, 4) is 11.5 Å². The zero-order valence-corrected chi connectivity index (χ0v) is 19.0. The van der Waals surface area contributed by atoms with Crippen molar-refractivity contribution in [1.29, 1.82) is 0 Å². The molecular formula is C21H32N2O6S. The lowest BCUT2D eigenvalue weighted by Crippen LogP contribution is -2.51. The first-order valence-electron chi connectivity index (χ1n) is 10.3. The molecule has 1 aromatic rings. The van der Waals surface area contributed by atoms with Gasteiger partial charge in [-0.25, -0.2) is 8.42 Å². The Morgan fingerprint density at radius 1 is 1.23 bits per heavy atom. The van der Waals surface area contributed by atoms with Crippen LogP contribution in [0.1, 0.15) is 32.1 Å². The molecule has 3 rings (SSSR count). The lowest BCUT2D eigenvalue weighted by Gasteiger charge is -2.45. The molecular weight excluding hydrogens is 408 g/mol. The van der Waals surface area contributed by atoms with Crippen LogP contribution in [0.15, 0.2) is 23.1 Å². The second-order valence-electron chi connectivity index (χ2n) is 8.30. The van der Waals surface area contributed by atoms with E-state index < -0.39 is 10.0 Å². The van der Waals surface area contributed by atoms with Gasteiger partial charge in [0.25, 0.3) is 0 Å². The van der Waals surface area contributed by atoms with Gasteiger partial charge >= 0.3 is 0 Å². The first kappa shape index (κ1) is 22.8. The molecule has 2 aliphatic heterocycles. The smallest absolute Gasteiger partial charge is 0.246 e. The Bertz CT molecular complexity index is 862. The normalized spacial score (nSPS) is 21.9. The average molecular weight is 441 g/mol. The summed E-state index contributed by atoms with van der Waals surface area (Å²) in [5.41, 5.74) is -0.347. The molecule has 8 nitrogen and oxygen atoms in total. The van der Waals surface area contributed by atoms with Crippen LogP contribution in [0.25, 0.3) is 0 Å². The third-order valence-electron chi connectivity index (χ3n) is 6.18. The van der Waals surface area contributed by atoms with Crippen molar-refractivity contribution in [1.82, 2.24) is 9.21 Å². The van der Waals surface area contributed by atoms with E-state index in [0.717, 1.165) is 12.8 Å².